The monoisotopic (exact) mass is 656 g/mol. The molecule has 15 nitrogen and oxygen atoms in total. The Morgan fingerprint density at radius 1 is 0.688 bits per heavy atom. The summed E-state index contributed by atoms with van der Waals surface area (Å²) in [6.07, 6.45) is 2.08. The van der Waals surface area contributed by atoms with E-state index in [1.54, 1.807) is 70.3 Å². The average molecular weight is 657 g/mol. The SMILES string of the molecule is CCC(COC(=O)Nc1ccc(C)c(N=C=O)c1)(COC(=O)Nc1ccc(C)c(N=C=O)c1)COC(=O)Nc1ccc(C)c(OC#N)c1. The lowest BCUT2D eigenvalue weighted by Crippen LogP contribution is -2.40. The molecular weight excluding hydrogens is 624 g/mol. The molecule has 3 aromatic carbocycles. The van der Waals surface area contributed by atoms with Crippen LogP contribution in [0.3, 0.4) is 0 Å². The van der Waals surface area contributed by atoms with Gasteiger partial charge in [-0.25, -0.2) is 24.0 Å². The van der Waals surface area contributed by atoms with Gasteiger partial charge < -0.3 is 18.9 Å². The molecule has 15 heteroatoms. The number of carbonyl (C=O) groups is 3. The summed E-state index contributed by atoms with van der Waals surface area (Å²) in [5.41, 5.74) is 2.32. The normalized spacial score (nSPS) is 11.2. The second-order valence-electron chi connectivity index (χ2n) is 10.5. The number of anilines is 3. The van der Waals surface area contributed by atoms with Crippen molar-refractivity contribution >= 4 is 58.9 Å². The smallest absolute Gasteiger partial charge is 0.411 e. The van der Waals surface area contributed by atoms with Gasteiger partial charge in [0, 0.05) is 23.1 Å². The fourth-order valence-corrected chi connectivity index (χ4v) is 4.10. The zero-order valence-corrected chi connectivity index (χ0v) is 26.5. The van der Waals surface area contributed by atoms with Gasteiger partial charge in [-0.2, -0.15) is 9.98 Å². The van der Waals surface area contributed by atoms with Crippen LogP contribution in [0.4, 0.5) is 42.8 Å². The van der Waals surface area contributed by atoms with E-state index in [9.17, 15) is 24.0 Å². The molecule has 0 bridgehead atoms. The van der Waals surface area contributed by atoms with Gasteiger partial charge in [0.2, 0.25) is 12.2 Å². The quantitative estimate of drug-likeness (QED) is 0.0754. The third-order valence-corrected chi connectivity index (χ3v) is 7.11. The minimum atomic E-state index is -1.21. The van der Waals surface area contributed by atoms with E-state index in [-0.39, 0.29) is 37.7 Å². The number of nitrogens with zero attached hydrogens (tertiary/aromatic N) is 3. The Hall–Kier alpha value is -6.48. The summed E-state index contributed by atoms with van der Waals surface area (Å²) < 4.78 is 21.3. The Morgan fingerprint density at radius 2 is 1.08 bits per heavy atom. The third kappa shape index (κ3) is 10.6. The van der Waals surface area contributed by atoms with Crippen LogP contribution in [0.15, 0.2) is 64.6 Å². The number of amides is 3. The Kier molecular flexibility index (Phi) is 13.0. The molecule has 0 spiro atoms. The maximum Gasteiger partial charge on any atom is 0.411 e. The van der Waals surface area contributed by atoms with Crippen LogP contribution in [0.1, 0.15) is 30.0 Å². The highest BCUT2D eigenvalue weighted by atomic mass is 16.6. The maximum atomic E-state index is 12.8. The van der Waals surface area contributed by atoms with E-state index in [0.29, 0.717) is 39.4 Å². The molecule has 0 aliphatic carbocycles. The number of hydrogen-bond donors (Lipinski definition) is 3. The predicted molar refractivity (Wildman–Crippen MR) is 173 cm³/mol. The van der Waals surface area contributed by atoms with E-state index in [1.807, 2.05) is 0 Å². The largest absolute Gasteiger partial charge is 0.448 e. The molecule has 0 fully saturated rings. The predicted octanol–water partition coefficient (Wildman–Crippen LogP) is 6.85. The van der Waals surface area contributed by atoms with Crippen LogP contribution < -0.4 is 20.7 Å². The van der Waals surface area contributed by atoms with Gasteiger partial charge in [-0.05, 0) is 74.2 Å². The van der Waals surface area contributed by atoms with Gasteiger partial charge in [0.15, 0.2) is 0 Å². The highest BCUT2D eigenvalue weighted by Gasteiger charge is 2.34. The van der Waals surface area contributed by atoms with Gasteiger partial charge >= 0.3 is 18.3 Å². The minimum absolute atomic E-state index is 0.219. The van der Waals surface area contributed by atoms with E-state index in [0.717, 1.165) is 0 Å². The lowest BCUT2D eigenvalue weighted by atomic mass is 9.88. The van der Waals surface area contributed by atoms with Crippen molar-refractivity contribution in [2.45, 2.75) is 34.1 Å². The van der Waals surface area contributed by atoms with Crippen LogP contribution >= 0.6 is 0 Å². The minimum Gasteiger partial charge on any atom is -0.448 e. The lowest BCUT2D eigenvalue weighted by Gasteiger charge is -2.31. The summed E-state index contributed by atoms with van der Waals surface area (Å²) >= 11 is 0. The van der Waals surface area contributed by atoms with E-state index in [2.05, 4.69) is 25.9 Å². The molecular formula is C33H32N6O9. The Morgan fingerprint density at radius 3 is 1.46 bits per heavy atom. The third-order valence-electron chi connectivity index (χ3n) is 7.11. The number of hydrogen-bond acceptors (Lipinski definition) is 12. The molecule has 0 aliphatic rings. The van der Waals surface area contributed by atoms with Crippen molar-refractivity contribution in [3.8, 4) is 12.0 Å². The number of nitriles is 1. The van der Waals surface area contributed by atoms with Crippen LogP contribution in [-0.2, 0) is 23.8 Å². The fourth-order valence-electron chi connectivity index (χ4n) is 4.10. The van der Waals surface area contributed by atoms with E-state index < -0.39 is 23.7 Å². The Labute approximate surface area is 275 Å². The van der Waals surface area contributed by atoms with Crippen molar-refractivity contribution in [1.29, 1.82) is 5.26 Å². The van der Waals surface area contributed by atoms with Crippen molar-refractivity contribution in [1.82, 2.24) is 0 Å². The number of rotatable bonds is 13. The molecule has 0 unspecified atom stereocenters. The Bertz CT molecular complexity index is 1720. The number of ether oxygens (including phenoxy) is 4. The standard InChI is InChI=1S/C33H32N6O9/c1-5-33(15-45-30(42)37-24-9-6-21(2)27(12-24)35-19-40,16-46-31(43)38-25-10-7-22(3)28(13-25)36-20-41)17-47-32(44)39-26-11-8-23(4)29(14-26)48-18-34/h6-14H,5,15-17H2,1-4H3,(H,37,42)(H,38,43)(H,39,44). The number of benzene rings is 3. The molecule has 3 amide bonds. The first-order chi connectivity index (χ1) is 23.0. The molecule has 3 aromatic rings. The van der Waals surface area contributed by atoms with Crippen molar-refractivity contribution in [2.24, 2.45) is 15.4 Å². The first-order valence-electron chi connectivity index (χ1n) is 14.4. The molecule has 0 radical (unpaired) electrons. The number of isocyanates is 2. The van der Waals surface area contributed by atoms with Crippen LogP contribution in [-0.4, -0.2) is 50.3 Å². The fraction of sp³-hybridized carbons (Fsp3) is 0.273. The zero-order valence-electron chi connectivity index (χ0n) is 26.5. The molecule has 248 valence electrons. The Balaban J connectivity index is 1.74. The summed E-state index contributed by atoms with van der Waals surface area (Å²) in [5.74, 6) is 0.245. The molecule has 0 saturated carbocycles. The highest BCUT2D eigenvalue weighted by Crippen LogP contribution is 2.28. The molecule has 3 N–H and O–H groups in total. The number of nitrogens with one attached hydrogen (secondary N) is 3. The second-order valence-corrected chi connectivity index (χ2v) is 10.5. The van der Waals surface area contributed by atoms with Crippen molar-refractivity contribution in [3.63, 3.8) is 0 Å². The maximum absolute atomic E-state index is 12.8. The topological polar surface area (TPSA) is 207 Å². The number of aryl methyl sites for hydroxylation is 3. The molecule has 0 atom stereocenters. The van der Waals surface area contributed by atoms with E-state index in [1.165, 1.54) is 30.4 Å². The second kappa shape index (κ2) is 17.3. The number of aliphatic imine (C=N–C) groups is 2. The first kappa shape index (κ1) is 36.0. The van der Waals surface area contributed by atoms with Crippen LogP contribution in [0.2, 0.25) is 0 Å². The molecule has 0 aromatic heterocycles. The number of carbonyl (C=O) groups excluding carboxylic acids is 5. The highest BCUT2D eigenvalue weighted by molar-refractivity contribution is 5.87. The van der Waals surface area contributed by atoms with Crippen molar-refractivity contribution in [2.75, 3.05) is 35.8 Å². The van der Waals surface area contributed by atoms with Gasteiger partial charge in [0.05, 0.1) is 16.8 Å². The molecule has 0 saturated heterocycles. The van der Waals surface area contributed by atoms with Gasteiger partial charge in [-0.1, -0.05) is 25.1 Å². The summed E-state index contributed by atoms with van der Waals surface area (Å²) in [4.78, 5) is 66.9. The summed E-state index contributed by atoms with van der Waals surface area (Å²) in [5, 5.41) is 16.5. The van der Waals surface area contributed by atoms with Gasteiger partial charge in [-0.3, -0.25) is 16.0 Å². The lowest BCUT2D eigenvalue weighted by molar-refractivity contribution is -0.0104. The summed E-state index contributed by atoms with van der Waals surface area (Å²) in [6.45, 7) is 5.86. The van der Waals surface area contributed by atoms with Gasteiger partial charge in [-0.15, -0.1) is 5.26 Å². The zero-order chi connectivity index (χ0) is 35.1. The first-order valence-corrected chi connectivity index (χ1v) is 14.4. The molecule has 0 aliphatic heterocycles. The average Bonchev–Trinajstić information content (AvgIpc) is 3.06. The molecule has 3 rings (SSSR count). The van der Waals surface area contributed by atoms with Crippen LogP contribution in [0.5, 0.6) is 5.75 Å². The van der Waals surface area contributed by atoms with Crippen LogP contribution in [0, 0.1) is 37.7 Å². The van der Waals surface area contributed by atoms with E-state index in [4.69, 9.17) is 24.2 Å². The van der Waals surface area contributed by atoms with Crippen molar-refractivity contribution in [3.05, 3.63) is 71.3 Å². The van der Waals surface area contributed by atoms with Crippen molar-refractivity contribution < 1.29 is 42.9 Å². The molecule has 0 heterocycles. The van der Waals surface area contributed by atoms with Gasteiger partial charge in [0.1, 0.15) is 25.6 Å². The van der Waals surface area contributed by atoms with Gasteiger partial charge in [0.25, 0.3) is 6.26 Å². The summed E-state index contributed by atoms with van der Waals surface area (Å²) in [6, 6.07) is 14.1. The van der Waals surface area contributed by atoms with E-state index >= 15 is 0 Å². The molecule has 48 heavy (non-hydrogen) atoms. The summed E-state index contributed by atoms with van der Waals surface area (Å²) in [7, 11) is 0. The van der Waals surface area contributed by atoms with Crippen LogP contribution in [0.25, 0.3) is 0 Å².